The number of nitrogens with one attached hydrogen (secondary N) is 1. The zero-order chi connectivity index (χ0) is 18.2. The van der Waals surface area contributed by atoms with Gasteiger partial charge in [0.1, 0.15) is 6.33 Å². The number of aromatic nitrogens is 3. The number of halogens is 3. The zero-order valence-electron chi connectivity index (χ0n) is 13.8. The van der Waals surface area contributed by atoms with Crippen molar-refractivity contribution in [2.45, 2.75) is 32.0 Å². The van der Waals surface area contributed by atoms with E-state index in [1.165, 1.54) is 6.07 Å². The number of alkyl halides is 3. The van der Waals surface area contributed by atoms with Crippen molar-refractivity contribution in [3.8, 4) is 0 Å². The lowest BCUT2D eigenvalue weighted by Gasteiger charge is -2.24. The molecule has 1 N–H and O–H groups in total. The molecule has 1 fully saturated rings. The summed E-state index contributed by atoms with van der Waals surface area (Å²) in [4.78, 5) is 14.2. The van der Waals surface area contributed by atoms with Gasteiger partial charge < -0.3 is 14.8 Å². The molecule has 134 valence electrons. The molecule has 6 nitrogen and oxygen atoms in total. The molecular formula is C16H18F3N5O. The minimum atomic E-state index is -4.46. The average Bonchev–Trinajstić information content (AvgIpc) is 3.16. The van der Waals surface area contributed by atoms with Crippen LogP contribution in [0.5, 0.6) is 0 Å². The molecule has 1 aliphatic rings. The molecule has 0 aliphatic carbocycles. The first-order valence-electron chi connectivity index (χ1n) is 7.86. The van der Waals surface area contributed by atoms with Gasteiger partial charge in [0.05, 0.1) is 11.6 Å². The lowest BCUT2D eigenvalue weighted by atomic mass is 10.1. The molecule has 0 saturated carbocycles. The first-order valence-corrected chi connectivity index (χ1v) is 7.86. The van der Waals surface area contributed by atoms with Crippen molar-refractivity contribution in [2.75, 3.05) is 11.9 Å². The summed E-state index contributed by atoms with van der Waals surface area (Å²) in [5, 5.41) is 10.5. The van der Waals surface area contributed by atoms with Gasteiger partial charge in [-0.1, -0.05) is 6.07 Å². The second kappa shape index (κ2) is 6.38. The van der Waals surface area contributed by atoms with E-state index < -0.39 is 17.8 Å². The van der Waals surface area contributed by atoms with Crippen LogP contribution in [-0.2, 0) is 13.2 Å². The maximum atomic E-state index is 12.9. The van der Waals surface area contributed by atoms with Crippen LogP contribution in [0, 0.1) is 6.92 Å². The van der Waals surface area contributed by atoms with Gasteiger partial charge in [0.15, 0.2) is 5.82 Å². The number of nitrogens with zero attached hydrogens (tertiary/aromatic N) is 4. The van der Waals surface area contributed by atoms with Crippen molar-refractivity contribution in [3.05, 3.63) is 41.5 Å². The van der Waals surface area contributed by atoms with E-state index >= 15 is 0 Å². The average molecular weight is 353 g/mol. The molecule has 9 heteroatoms. The van der Waals surface area contributed by atoms with E-state index in [2.05, 4.69) is 15.5 Å². The van der Waals surface area contributed by atoms with Crippen LogP contribution in [0.3, 0.4) is 0 Å². The minimum Gasteiger partial charge on any atom is -0.319 e. The van der Waals surface area contributed by atoms with Crippen molar-refractivity contribution in [2.24, 2.45) is 7.05 Å². The Morgan fingerprint density at radius 3 is 2.76 bits per heavy atom. The third-order valence-electron chi connectivity index (χ3n) is 4.36. The third kappa shape index (κ3) is 3.45. The predicted molar refractivity (Wildman–Crippen MR) is 84.9 cm³/mol. The molecule has 3 rings (SSSR count). The zero-order valence-corrected chi connectivity index (χ0v) is 13.8. The fourth-order valence-electron chi connectivity index (χ4n) is 2.99. The Kier molecular flexibility index (Phi) is 4.40. The molecule has 1 aromatic heterocycles. The molecule has 0 radical (unpaired) electrons. The summed E-state index contributed by atoms with van der Waals surface area (Å²) in [6, 6.07) is 2.64. The number of carbonyl (C=O) groups excluding carboxylic acids is 1. The summed E-state index contributed by atoms with van der Waals surface area (Å²) in [6.07, 6.45) is -1.36. The lowest BCUT2D eigenvalue weighted by molar-refractivity contribution is -0.137. The molecule has 25 heavy (non-hydrogen) atoms. The van der Waals surface area contributed by atoms with Crippen LogP contribution in [0.15, 0.2) is 24.5 Å². The second-order valence-electron chi connectivity index (χ2n) is 6.11. The van der Waals surface area contributed by atoms with E-state index in [0.717, 1.165) is 25.0 Å². The van der Waals surface area contributed by atoms with Crippen LogP contribution in [0.2, 0.25) is 0 Å². The number of rotatable bonds is 2. The Morgan fingerprint density at radius 2 is 2.12 bits per heavy atom. The molecular weight excluding hydrogens is 335 g/mol. The quantitative estimate of drug-likeness (QED) is 0.899. The monoisotopic (exact) mass is 353 g/mol. The highest BCUT2D eigenvalue weighted by molar-refractivity contribution is 5.90. The van der Waals surface area contributed by atoms with Crippen molar-refractivity contribution >= 4 is 11.7 Å². The number of amides is 2. The molecule has 2 amide bonds. The molecule has 1 saturated heterocycles. The first-order chi connectivity index (χ1) is 11.8. The van der Waals surface area contributed by atoms with E-state index in [1.807, 2.05) is 0 Å². The summed E-state index contributed by atoms with van der Waals surface area (Å²) in [5.41, 5.74) is -0.0705. The SMILES string of the molecule is Cc1ccc(C(F)(F)F)cc1NC(=O)N1CCCC1c1nncn1C. The van der Waals surface area contributed by atoms with Gasteiger partial charge in [0.2, 0.25) is 0 Å². The van der Waals surface area contributed by atoms with Gasteiger partial charge in [-0.25, -0.2) is 4.79 Å². The Hall–Kier alpha value is -2.58. The normalized spacial score (nSPS) is 17.8. The number of aryl methyl sites for hydroxylation is 2. The van der Waals surface area contributed by atoms with Gasteiger partial charge in [-0.2, -0.15) is 13.2 Å². The van der Waals surface area contributed by atoms with E-state index in [1.54, 1.807) is 29.8 Å². The Bertz CT molecular complexity index is 786. The highest BCUT2D eigenvalue weighted by Crippen LogP contribution is 2.34. The molecule has 0 spiro atoms. The first kappa shape index (κ1) is 17.2. The van der Waals surface area contributed by atoms with Gasteiger partial charge in [-0.05, 0) is 37.5 Å². The van der Waals surface area contributed by atoms with Gasteiger partial charge in [0.25, 0.3) is 0 Å². The minimum absolute atomic E-state index is 0.156. The number of hydrogen-bond acceptors (Lipinski definition) is 3. The fourth-order valence-corrected chi connectivity index (χ4v) is 2.99. The van der Waals surface area contributed by atoms with Crippen LogP contribution in [0.4, 0.5) is 23.7 Å². The largest absolute Gasteiger partial charge is 0.416 e. The molecule has 1 atom stereocenters. The summed E-state index contributed by atoms with van der Waals surface area (Å²) >= 11 is 0. The summed E-state index contributed by atoms with van der Waals surface area (Å²) < 4.78 is 40.4. The van der Waals surface area contributed by atoms with Gasteiger partial charge in [-0.15, -0.1) is 10.2 Å². The smallest absolute Gasteiger partial charge is 0.319 e. The van der Waals surface area contributed by atoms with Gasteiger partial charge in [-0.3, -0.25) is 0 Å². The Balaban J connectivity index is 1.81. The maximum Gasteiger partial charge on any atom is 0.416 e. The second-order valence-corrected chi connectivity index (χ2v) is 6.11. The number of urea groups is 1. The molecule has 2 aromatic rings. The molecule has 0 bridgehead atoms. The van der Waals surface area contributed by atoms with Gasteiger partial charge in [0, 0.05) is 19.3 Å². The highest BCUT2D eigenvalue weighted by Gasteiger charge is 2.34. The molecule has 2 heterocycles. The Labute approximate surface area is 142 Å². The summed E-state index contributed by atoms with van der Waals surface area (Å²) in [6.45, 7) is 2.17. The van der Waals surface area contributed by atoms with Crippen molar-refractivity contribution in [3.63, 3.8) is 0 Å². The molecule has 1 aliphatic heterocycles. The Morgan fingerprint density at radius 1 is 1.36 bits per heavy atom. The highest BCUT2D eigenvalue weighted by atomic mass is 19.4. The maximum absolute atomic E-state index is 12.9. The van der Waals surface area contributed by atoms with E-state index in [0.29, 0.717) is 17.9 Å². The standard InChI is InChI=1S/C16H18F3N5O/c1-10-5-6-11(16(17,18)19)8-12(10)21-15(25)24-7-3-4-13(24)14-22-20-9-23(14)2/h5-6,8-9,13H,3-4,7H2,1-2H3,(H,21,25). The predicted octanol–water partition coefficient (Wildman–Crippen LogP) is 3.51. The topological polar surface area (TPSA) is 63.1 Å². The van der Waals surface area contributed by atoms with Crippen LogP contribution >= 0.6 is 0 Å². The molecule has 1 aromatic carbocycles. The molecule has 1 unspecified atom stereocenters. The van der Waals surface area contributed by atoms with Gasteiger partial charge >= 0.3 is 12.2 Å². The number of benzene rings is 1. The van der Waals surface area contributed by atoms with Crippen molar-refractivity contribution in [1.29, 1.82) is 0 Å². The third-order valence-corrected chi connectivity index (χ3v) is 4.36. The van der Waals surface area contributed by atoms with E-state index in [-0.39, 0.29) is 11.7 Å². The summed E-state index contributed by atoms with van der Waals surface area (Å²) in [7, 11) is 1.79. The number of hydrogen-bond donors (Lipinski definition) is 1. The van der Waals surface area contributed by atoms with E-state index in [4.69, 9.17) is 0 Å². The fraction of sp³-hybridized carbons (Fsp3) is 0.438. The van der Waals surface area contributed by atoms with Crippen LogP contribution in [-0.4, -0.2) is 32.2 Å². The number of carbonyl (C=O) groups is 1. The van der Waals surface area contributed by atoms with Crippen LogP contribution < -0.4 is 5.32 Å². The number of likely N-dealkylation sites (tertiary alicyclic amines) is 1. The van der Waals surface area contributed by atoms with Crippen LogP contribution in [0.25, 0.3) is 0 Å². The number of anilines is 1. The van der Waals surface area contributed by atoms with Crippen LogP contribution in [0.1, 0.15) is 35.8 Å². The van der Waals surface area contributed by atoms with Crippen molar-refractivity contribution in [1.82, 2.24) is 19.7 Å². The van der Waals surface area contributed by atoms with E-state index in [9.17, 15) is 18.0 Å². The van der Waals surface area contributed by atoms with Crippen molar-refractivity contribution < 1.29 is 18.0 Å². The lowest BCUT2D eigenvalue weighted by Crippen LogP contribution is -2.35. The summed E-state index contributed by atoms with van der Waals surface area (Å²) in [5.74, 6) is 0.661.